The summed E-state index contributed by atoms with van der Waals surface area (Å²) < 4.78 is 54.5. The molecule has 140 valence electrons. The average molecular weight is 365 g/mol. The van der Waals surface area contributed by atoms with Gasteiger partial charge in [-0.3, -0.25) is 9.59 Å². The van der Waals surface area contributed by atoms with Crippen LogP contribution >= 0.6 is 0 Å². The summed E-state index contributed by atoms with van der Waals surface area (Å²) in [6, 6.07) is 1.85. The standard InChI is InChI=1S/C15H19F4N3O3/c1-8(2)13(20)14(24)21-6-12(23)22-10-5-9(16)3-4-11(10)25-7-15(17,18)19/h3-5,8,13H,6-7,20H2,1-2H3,(H,21,24)(H,22,23)/t13-/m0/s1. The Bertz CT molecular complexity index is 621. The molecule has 1 atom stereocenters. The maximum Gasteiger partial charge on any atom is 0.422 e. The highest BCUT2D eigenvalue weighted by molar-refractivity contribution is 5.96. The molecule has 10 heteroatoms. The second kappa shape index (κ2) is 8.65. The van der Waals surface area contributed by atoms with Crippen LogP contribution in [0.4, 0.5) is 23.2 Å². The number of rotatable bonds is 7. The Kier molecular flexibility index (Phi) is 7.16. The van der Waals surface area contributed by atoms with E-state index in [0.717, 1.165) is 18.2 Å². The fraction of sp³-hybridized carbons (Fsp3) is 0.467. The third kappa shape index (κ3) is 7.38. The third-order valence-corrected chi connectivity index (χ3v) is 3.05. The van der Waals surface area contributed by atoms with Gasteiger partial charge in [0.2, 0.25) is 11.8 Å². The van der Waals surface area contributed by atoms with E-state index in [9.17, 15) is 27.2 Å². The lowest BCUT2D eigenvalue weighted by Gasteiger charge is -2.16. The van der Waals surface area contributed by atoms with Crippen molar-refractivity contribution in [3.8, 4) is 5.75 Å². The molecule has 1 rings (SSSR count). The van der Waals surface area contributed by atoms with Crippen LogP contribution in [0.25, 0.3) is 0 Å². The minimum atomic E-state index is -4.59. The van der Waals surface area contributed by atoms with E-state index in [-0.39, 0.29) is 17.4 Å². The highest BCUT2D eigenvalue weighted by Gasteiger charge is 2.29. The first-order valence-electron chi connectivity index (χ1n) is 7.32. The van der Waals surface area contributed by atoms with Crippen molar-refractivity contribution in [2.45, 2.75) is 26.1 Å². The van der Waals surface area contributed by atoms with Crippen molar-refractivity contribution in [1.82, 2.24) is 5.32 Å². The lowest BCUT2D eigenvalue weighted by atomic mass is 10.1. The van der Waals surface area contributed by atoms with Gasteiger partial charge in [0, 0.05) is 6.07 Å². The van der Waals surface area contributed by atoms with E-state index in [1.165, 1.54) is 0 Å². The van der Waals surface area contributed by atoms with Crippen LogP contribution in [0.3, 0.4) is 0 Å². The smallest absolute Gasteiger partial charge is 0.422 e. The first kappa shape index (κ1) is 20.7. The molecule has 0 radical (unpaired) electrons. The number of nitrogens with two attached hydrogens (primary N) is 1. The van der Waals surface area contributed by atoms with Crippen molar-refractivity contribution in [2.75, 3.05) is 18.5 Å². The zero-order chi connectivity index (χ0) is 19.2. The molecule has 0 bridgehead atoms. The van der Waals surface area contributed by atoms with Crippen molar-refractivity contribution in [3.05, 3.63) is 24.0 Å². The van der Waals surface area contributed by atoms with Crippen molar-refractivity contribution < 1.29 is 31.9 Å². The fourth-order valence-electron chi connectivity index (χ4n) is 1.67. The van der Waals surface area contributed by atoms with E-state index in [1.807, 2.05) is 0 Å². The summed E-state index contributed by atoms with van der Waals surface area (Å²) >= 11 is 0. The van der Waals surface area contributed by atoms with Gasteiger partial charge in [-0.15, -0.1) is 0 Å². The lowest BCUT2D eigenvalue weighted by Crippen LogP contribution is -2.46. The molecule has 1 aromatic rings. The summed E-state index contributed by atoms with van der Waals surface area (Å²) in [6.07, 6.45) is -4.59. The second-order valence-electron chi connectivity index (χ2n) is 5.58. The van der Waals surface area contributed by atoms with Gasteiger partial charge in [-0.2, -0.15) is 13.2 Å². The molecular weight excluding hydrogens is 346 g/mol. The molecule has 0 unspecified atom stereocenters. The predicted octanol–water partition coefficient (Wildman–Crippen LogP) is 1.80. The number of anilines is 1. The van der Waals surface area contributed by atoms with Crippen molar-refractivity contribution >= 4 is 17.5 Å². The Hall–Kier alpha value is -2.36. The fourth-order valence-corrected chi connectivity index (χ4v) is 1.67. The summed E-state index contributed by atoms with van der Waals surface area (Å²) in [5.41, 5.74) is 5.32. The number of hydrogen-bond acceptors (Lipinski definition) is 4. The highest BCUT2D eigenvalue weighted by atomic mass is 19.4. The molecule has 1 aromatic carbocycles. The Morgan fingerprint density at radius 3 is 2.48 bits per heavy atom. The van der Waals surface area contributed by atoms with E-state index in [2.05, 4.69) is 15.4 Å². The molecule has 0 saturated heterocycles. The molecule has 2 amide bonds. The summed E-state index contributed by atoms with van der Waals surface area (Å²) in [7, 11) is 0. The summed E-state index contributed by atoms with van der Waals surface area (Å²) in [5, 5.41) is 4.47. The van der Waals surface area contributed by atoms with Gasteiger partial charge in [-0.25, -0.2) is 4.39 Å². The molecule has 0 heterocycles. The first-order valence-corrected chi connectivity index (χ1v) is 7.32. The van der Waals surface area contributed by atoms with Crippen LogP contribution in [0, 0.1) is 11.7 Å². The van der Waals surface area contributed by atoms with Gasteiger partial charge in [-0.1, -0.05) is 13.8 Å². The van der Waals surface area contributed by atoms with E-state index in [0.29, 0.717) is 0 Å². The Labute approximate surface area is 141 Å². The van der Waals surface area contributed by atoms with Gasteiger partial charge < -0.3 is 21.1 Å². The molecule has 0 saturated carbocycles. The van der Waals surface area contributed by atoms with Gasteiger partial charge in [0.1, 0.15) is 11.6 Å². The quantitative estimate of drug-likeness (QED) is 0.643. The summed E-state index contributed by atoms with van der Waals surface area (Å²) in [5.74, 6) is -2.60. The largest absolute Gasteiger partial charge is 0.482 e. The topological polar surface area (TPSA) is 93.5 Å². The van der Waals surface area contributed by atoms with E-state index >= 15 is 0 Å². The predicted molar refractivity (Wildman–Crippen MR) is 82.4 cm³/mol. The van der Waals surface area contributed by atoms with Crippen LogP contribution in [-0.4, -0.2) is 37.2 Å². The SMILES string of the molecule is CC(C)[C@H](N)C(=O)NCC(=O)Nc1cc(F)ccc1OCC(F)(F)F. The van der Waals surface area contributed by atoms with Crippen molar-refractivity contribution in [1.29, 1.82) is 0 Å². The number of carbonyl (C=O) groups excluding carboxylic acids is 2. The molecule has 0 aliphatic rings. The molecular formula is C15H19F4N3O3. The van der Waals surface area contributed by atoms with Gasteiger partial charge in [0.25, 0.3) is 0 Å². The summed E-state index contributed by atoms with van der Waals surface area (Å²) in [6.45, 7) is 1.37. The highest BCUT2D eigenvalue weighted by Crippen LogP contribution is 2.27. The van der Waals surface area contributed by atoms with Crippen LogP contribution in [0.5, 0.6) is 5.75 Å². The number of carbonyl (C=O) groups is 2. The monoisotopic (exact) mass is 365 g/mol. The van der Waals surface area contributed by atoms with E-state index < -0.39 is 43.0 Å². The minimum Gasteiger partial charge on any atom is -0.482 e. The van der Waals surface area contributed by atoms with Crippen LogP contribution in [0.15, 0.2) is 18.2 Å². The van der Waals surface area contributed by atoms with Gasteiger partial charge in [-0.05, 0) is 18.1 Å². The zero-order valence-corrected chi connectivity index (χ0v) is 13.6. The van der Waals surface area contributed by atoms with E-state index in [4.69, 9.17) is 5.73 Å². The molecule has 4 N–H and O–H groups in total. The van der Waals surface area contributed by atoms with Crippen molar-refractivity contribution in [2.24, 2.45) is 11.7 Å². The van der Waals surface area contributed by atoms with Gasteiger partial charge in [0.15, 0.2) is 6.61 Å². The molecule has 6 nitrogen and oxygen atoms in total. The molecule has 25 heavy (non-hydrogen) atoms. The lowest BCUT2D eigenvalue weighted by molar-refractivity contribution is -0.153. The molecule has 0 aromatic heterocycles. The molecule has 0 aliphatic carbocycles. The minimum absolute atomic E-state index is 0.145. The Morgan fingerprint density at radius 2 is 1.92 bits per heavy atom. The Morgan fingerprint density at radius 1 is 1.28 bits per heavy atom. The number of alkyl halides is 3. The van der Waals surface area contributed by atoms with Crippen LogP contribution < -0.4 is 21.1 Å². The first-order chi connectivity index (χ1) is 11.5. The third-order valence-electron chi connectivity index (χ3n) is 3.05. The van der Waals surface area contributed by atoms with Gasteiger partial charge >= 0.3 is 6.18 Å². The van der Waals surface area contributed by atoms with E-state index in [1.54, 1.807) is 13.8 Å². The molecule has 0 fully saturated rings. The van der Waals surface area contributed by atoms with Crippen LogP contribution in [-0.2, 0) is 9.59 Å². The number of ether oxygens (including phenoxy) is 1. The number of halogens is 4. The molecule has 0 spiro atoms. The van der Waals surface area contributed by atoms with Crippen molar-refractivity contribution in [3.63, 3.8) is 0 Å². The maximum absolute atomic E-state index is 13.3. The average Bonchev–Trinajstić information content (AvgIpc) is 2.50. The number of nitrogens with one attached hydrogen (secondary N) is 2. The maximum atomic E-state index is 13.3. The normalized spacial score (nSPS) is 12.6. The van der Waals surface area contributed by atoms with Gasteiger partial charge in [0.05, 0.1) is 18.3 Å². The summed E-state index contributed by atoms with van der Waals surface area (Å²) in [4.78, 5) is 23.5. The number of benzene rings is 1. The number of hydrogen-bond donors (Lipinski definition) is 3. The van der Waals surface area contributed by atoms with Crippen LogP contribution in [0.2, 0.25) is 0 Å². The number of amides is 2. The Balaban J connectivity index is 2.69. The second-order valence-corrected chi connectivity index (χ2v) is 5.58. The molecule has 0 aliphatic heterocycles. The zero-order valence-electron chi connectivity index (χ0n) is 13.6. The van der Waals surface area contributed by atoms with Crippen LogP contribution in [0.1, 0.15) is 13.8 Å².